The number of rotatable bonds is 7. The summed E-state index contributed by atoms with van der Waals surface area (Å²) in [4.78, 5) is 27.9. The molecule has 1 N–H and O–H groups in total. The first kappa shape index (κ1) is 18.6. The lowest BCUT2D eigenvalue weighted by Crippen LogP contribution is -2.26. The minimum atomic E-state index is -0.0852. The van der Waals surface area contributed by atoms with Crippen LogP contribution in [-0.4, -0.2) is 33.9 Å². The maximum Gasteiger partial charge on any atom is 0.252 e. The van der Waals surface area contributed by atoms with Crippen LogP contribution in [0.4, 0.5) is 5.82 Å². The van der Waals surface area contributed by atoms with Crippen molar-refractivity contribution in [1.29, 1.82) is 0 Å². The van der Waals surface area contributed by atoms with Crippen molar-refractivity contribution >= 4 is 23.1 Å². The third-order valence-electron chi connectivity index (χ3n) is 4.92. The van der Waals surface area contributed by atoms with Gasteiger partial charge in [0.25, 0.3) is 5.91 Å². The third kappa shape index (κ3) is 4.36. The highest BCUT2D eigenvalue weighted by molar-refractivity contribution is 7.09. The summed E-state index contributed by atoms with van der Waals surface area (Å²) < 4.78 is 0. The molecule has 1 fully saturated rings. The fourth-order valence-corrected chi connectivity index (χ4v) is 4.29. The van der Waals surface area contributed by atoms with Gasteiger partial charge in [-0.2, -0.15) is 0 Å². The molecule has 1 amide bonds. The molecule has 0 radical (unpaired) electrons. The Bertz CT molecular complexity index is 883. The molecule has 0 bridgehead atoms. The Morgan fingerprint density at radius 3 is 2.89 bits per heavy atom. The average molecular weight is 394 g/mol. The van der Waals surface area contributed by atoms with E-state index in [1.165, 1.54) is 0 Å². The molecule has 144 valence electrons. The lowest BCUT2D eigenvalue weighted by atomic mass is 10.2. The van der Waals surface area contributed by atoms with Gasteiger partial charge < -0.3 is 10.2 Å². The summed E-state index contributed by atoms with van der Waals surface area (Å²) in [5.41, 5.74) is 1.63. The van der Waals surface area contributed by atoms with Gasteiger partial charge in [-0.05, 0) is 49.9 Å². The largest absolute Gasteiger partial charge is 0.352 e. The predicted molar refractivity (Wildman–Crippen MR) is 111 cm³/mol. The molecular weight excluding hydrogens is 370 g/mol. The first-order valence-corrected chi connectivity index (χ1v) is 10.5. The molecule has 0 saturated carbocycles. The Balaban J connectivity index is 1.31. The molecule has 1 atom stereocenters. The monoisotopic (exact) mass is 393 g/mol. The standard InChI is InChI=1S/C21H23N5OS/c27-20(23-11-3-6-17-5-1-2-10-22-17)16-8-9-19(25-15-16)26-13-4-7-18(26)21-24-12-14-28-21/h1-2,5,8-10,12,14-15,18H,3-4,6-7,11,13H2,(H,23,27)/t18-/m1/s1. The quantitative estimate of drug-likeness (QED) is 0.621. The molecule has 3 aromatic heterocycles. The van der Waals surface area contributed by atoms with Crippen LogP contribution in [0.15, 0.2) is 54.3 Å². The van der Waals surface area contributed by atoms with Gasteiger partial charge >= 0.3 is 0 Å². The third-order valence-corrected chi connectivity index (χ3v) is 5.79. The lowest BCUT2D eigenvalue weighted by Gasteiger charge is -2.24. The smallest absolute Gasteiger partial charge is 0.252 e. The first-order valence-electron chi connectivity index (χ1n) is 9.61. The summed E-state index contributed by atoms with van der Waals surface area (Å²) in [6, 6.07) is 9.97. The Morgan fingerprint density at radius 2 is 2.14 bits per heavy atom. The van der Waals surface area contributed by atoms with E-state index in [4.69, 9.17) is 0 Å². The minimum Gasteiger partial charge on any atom is -0.352 e. The van der Waals surface area contributed by atoms with Crippen LogP contribution in [0.2, 0.25) is 0 Å². The maximum absolute atomic E-state index is 12.4. The number of amides is 1. The summed E-state index contributed by atoms with van der Waals surface area (Å²) in [6.07, 6.45) is 9.24. The zero-order valence-electron chi connectivity index (χ0n) is 15.6. The van der Waals surface area contributed by atoms with E-state index >= 15 is 0 Å². The van der Waals surface area contributed by atoms with Crippen LogP contribution in [0.5, 0.6) is 0 Å². The number of anilines is 1. The average Bonchev–Trinajstić information content (AvgIpc) is 3.43. The van der Waals surface area contributed by atoms with Crippen LogP contribution in [0.1, 0.15) is 46.4 Å². The SMILES string of the molecule is O=C(NCCCc1ccccn1)c1ccc(N2CCC[C@@H]2c2nccs2)nc1. The summed E-state index contributed by atoms with van der Waals surface area (Å²) in [5, 5.41) is 6.11. The Hall–Kier alpha value is -2.80. The van der Waals surface area contributed by atoms with Gasteiger partial charge in [0.2, 0.25) is 0 Å². The van der Waals surface area contributed by atoms with Gasteiger partial charge in [0.15, 0.2) is 0 Å². The molecular formula is C21H23N5OS. The van der Waals surface area contributed by atoms with Crippen LogP contribution in [0, 0.1) is 0 Å². The van der Waals surface area contributed by atoms with E-state index in [0.717, 1.165) is 48.7 Å². The summed E-state index contributed by atoms with van der Waals surface area (Å²) in [7, 11) is 0. The number of thiazole rings is 1. The van der Waals surface area contributed by atoms with Crippen molar-refractivity contribution in [3.8, 4) is 0 Å². The van der Waals surface area contributed by atoms with Crippen LogP contribution in [0.3, 0.4) is 0 Å². The Labute approximate surface area is 168 Å². The number of nitrogens with one attached hydrogen (secondary N) is 1. The zero-order chi connectivity index (χ0) is 19.2. The van der Waals surface area contributed by atoms with E-state index in [0.29, 0.717) is 18.2 Å². The number of aryl methyl sites for hydroxylation is 1. The molecule has 4 heterocycles. The molecule has 4 rings (SSSR count). The molecule has 28 heavy (non-hydrogen) atoms. The zero-order valence-corrected chi connectivity index (χ0v) is 16.4. The van der Waals surface area contributed by atoms with Gasteiger partial charge in [-0.1, -0.05) is 6.07 Å². The van der Waals surface area contributed by atoms with Crippen LogP contribution < -0.4 is 10.2 Å². The minimum absolute atomic E-state index is 0.0852. The molecule has 1 aliphatic heterocycles. The Kier molecular flexibility index (Phi) is 5.92. The van der Waals surface area contributed by atoms with Crippen molar-refractivity contribution in [2.75, 3.05) is 18.0 Å². The van der Waals surface area contributed by atoms with Gasteiger partial charge in [0, 0.05) is 42.8 Å². The van der Waals surface area contributed by atoms with E-state index in [9.17, 15) is 4.79 Å². The number of hydrogen-bond donors (Lipinski definition) is 1. The van der Waals surface area contributed by atoms with Crippen LogP contribution in [0.25, 0.3) is 0 Å². The highest BCUT2D eigenvalue weighted by atomic mass is 32.1. The van der Waals surface area contributed by atoms with E-state index in [1.54, 1.807) is 23.7 Å². The van der Waals surface area contributed by atoms with Crippen molar-refractivity contribution in [2.45, 2.75) is 31.7 Å². The molecule has 7 heteroatoms. The molecule has 0 aromatic carbocycles. The van der Waals surface area contributed by atoms with Gasteiger partial charge in [0.1, 0.15) is 10.8 Å². The number of pyridine rings is 2. The van der Waals surface area contributed by atoms with Crippen molar-refractivity contribution in [2.24, 2.45) is 0 Å². The fourth-order valence-electron chi connectivity index (χ4n) is 3.51. The van der Waals surface area contributed by atoms with E-state index in [1.807, 2.05) is 41.9 Å². The van der Waals surface area contributed by atoms with E-state index in [2.05, 4.69) is 25.2 Å². The molecule has 0 aliphatic carbocycles. The Morgan fingerprint density at radius 1 is 1.18 bits per heavy atom. The van der Waals surface area contributed by atoms with Gasteiger partial charge in [-0.25, -0.2) is 9.97 Å². The predicted octanol–water partition coefficient (Wildman–Crippen LogP) is 3.64. The number of carbonyl (C=O) groups excluding carboxylic acids is 1. The van der Waals surface area contributed by atoms with Crippen molar-refractivity contribution in [3.63, 3.8) is 0 Å². The topological polar surface area (TPSA) is 71.0 Å². The van der Waals surface area contributed by atoms with Crippen molar-refractivity contribution in [3.05, 3.63) is 70.6 Å². The number of aromatic nitrogens is 3. The van der Waals surface area contributed by atoms with E-state index in [-0.39, 0.29) is 5.91 Å². The maximum atomic E-state index is 12.4. The summed E-state index contributed by atoms with van der Waals surface area (Å²) in [6.45, 7) is 1.59. The molecule has 0 spiro atoms. The second-order valence-electron chi connectivity index (χ2n) is 6.81. The number of hydrogen-bond acceptors (Lipinski definition) is 6. The van der Waals surface area contributed by atoms with E-state index < -0.39 is 0 Å². The second-order valence-corrected chi connectivity index (χ2v) is 7.73. The van der Waals surface area contributed by atoms with Crippen molar-refractivity contribution in [1.82, 2.24) is 20.3 Å². The fraction of sp³-hybridized carbons (Fsp3) is 0.333. The number of nitrogens with zero attached hydrogens (tertiary/aromatic N) is 4. The number of carbonyl (C=O) groups is 1. The normalized spacial score (nSPS) is 16.3. The van der Waals surface area contributed by atoms with Gasteiger partial charge in [-0.15, -0.1) is 11.3 Å². The van der Waals surface area contributed by atoms with Crippen LogP contribution >= 0.6 is 11.3 Å². The molecule has 0 unspecified atom stereocenters. The van der Waals surface area contributed by atoms with Crippen LogP contribution in [-0.2, 0) is 6.42 Å². The molecule has 3 aromatic rings. The van der Waals surface area contributed by atoms with Gasteiger partial charge in [-0.3, -0.25) is 9.78 Å². The van der Waals surface area contributed by atoms with Gasteiger partial charge in [0.05, 0.1) is 11.6 Å². The van der Waals surface area contributed by atoms with Crippen molar-refractivity contribution < 1.29 is 4.79 Å². The molecule has 6 nitrogen and oxygen atoms in total. The second kappa shape index (κ2) is 8.93. The highest BCUT2D eigenvalue weighted by Crippen LogP contribution is 2.35. The first-order chi connectivity index (χ1) is 13.8. The summed E-state index contributed by atoms with van der Waals surface area (Å²) in [5.74, 6) is 0.822. The summed E-state index contributed by atoms with van der Waals surface area (Å²) >= 11 is 1.69. The lowest BCUT2D eigenvalue weighted by molar-refractivity contribution is 0.0953. The molecule has 1 aliphatic rings. The highest BCUT2D eigenvalue weighted by Gasteiger charge is 2.28. The molecule has 1 saturated heterocycles.